The average molecular weight is 388 g/mol. The summed E-state index contributed by atoms with van der Waals surface area (Å²) in [6, 6.07) is 9.30. The zero-order valence-electron chi connectivity index (χ0n) is 15.5. The Labute approximate surface area is 162 Å². The number of carbonyl (C=O) groups is 3. The molecule has 1 saturated heterocycles. The number of benzene rings is 1. The van der Waals surface area contributed by atoms with Crippen molar-refractivity contribution >= 4 is 23.6 Å². The van der Waals surface area contributed by atoms with E-state index in [4.69, 9.17) is 15.6 Å². The van der Waals surface area contributed by atoms with E-state index in [0.29, 0.717) is 25.3 Å². The van der Waals surface area contributed by atoms with Crippen LogP contribution in [0.5, 0.6) is 0 Å². The highest BCUT2D eigenvalue weighted by Crippen LogP contribution is 2.41. The van der Waals surface area contributed by atoms with E-state index in [1.165, 1.54) is 0 Å². The first-order valence-corrected chi connectivity index (χ1v) is 9.20. The first-order valence-electron chi connectivity index (χ1n) is 9.20. The molecule has 0 spiro atoms. The standard InChI is InChI=1S/C19H24N4O5/c20-9-15-21-18(27)19(22-15,13-5-2-1-3-6-13)14-7-4-8-23(10-14)16(24)11-28-12-17(25)26/h1-3,5-6,14H,4,7-12,20H2,(H,25,26)(H,21,22,27). The molecule has 1 aromatic carbocycles. The van der Waals surface area contributed by atoms with Gasteiger partial charge < -0.3 is 25.8 Å². The summed E-state index contributed by atoms with van der Waals surface area (Å²) in [5, 5.41) is 11.4. The van der Waals surface area contributed by atoms with Gasteiger partial charge in [0, 0.05) is 19.0 Å². The molecule has 0 radical (unpaired) electrons. The molecule has 1 aromatic rings. The normalized spacial score (nSPS) is 24.6. The highest BCUT2D eigenvalue weighted by Gasteiger charge is 2.52. The van der Waals surface area contributed by atoms with Crippen LogP contribution < -0.4 is 11.1 Å². The van der Waals surface area contributed by atoms with Gasteiger partial charge in [-0.2, -0.15) is 0 Å². The second kappa shape index (κ2) is 8.49. The Morgan fingerprint density at radius 2 is 2.07 bits per heavy atom. The van der Waals surface area contributed by atoms with Crippen molar-refractivity contribution in [2.24, 2.45) is 16.6 Å². The fourth-order valence-corrected chi connectivity index (χ4v) is 3.88. The zero-order chi connectivity index (χ0) is 20.1. The SMILES string of the molecule is NCC1=NC(c2ccccc2)(C2CCCN(C(=O)COCC(=O)O)C2)C(=O)N1. The van der Waals surface area contributed by atoms with Crippen LogP contribution in [-0.2, 0) is 24.7 Å². The van der Waals surface area contributed by atoms with E-state index in [1.54, 1.807) is 4.90 Å². The maximum absolute atomic E-state index is 13.0. The lowest BCUT2D eigenvalue weighted by Gasteiger charge is -2.40. The van der Waals surface area contributed by atoms with Gasteiger partial charge in [0.25, 0.3) is 5.91 Å². The molecule has 2 unspecified atom stereocenters. The van der Waals surface area contributed by atoms with Crippen molar-refractivity contribution in [3.8, 4) is 0 Å². The number of hydrogen-bond donors (Lipinski definition) is 3. The van der Waals surface area contributed by atoms with Gasteiger partial charge in [-0.3, -0.25) is 9.59 Å². The minimum Gasteiger partial charge on any atom is -0.480 e. The molecule has 9 nitrogen and oxygen atoms in total. The van der Waals surface area contributed by atoms with Crippen LogP contribution in [0.15, 0.2) is 35.3 Å². The Kier molecular flexibility index (Phi) is 6.05. The van der Waals surface area contributed by atoms with E-state index < -0.39 is 18.1 Å². The summed E-state index contributed by atoms with van der Waals surface area (Å²) in [6.45, 7) is 0.160. The zero-order valence-corrected chi connectivity index (χ0v) is 15.5. The second-order valence-electron chi connectivity index (χ2n) is 6.91. The van der Waals surface area contributed by atoms with E-state index in [2.05, 4.69) is 10.3 Å². The van der Waals surface area contributed by atoms with Gasteiger partial charge in [0.1, 0.15) is 19.0 Å². The van der Waals surface area contributed by atoms with Crippen molar-refractivity contribution in [3.05, 3.63) is 35.9 Å². The molecule has 0 saturated carbocycles. The Morgan fingerprint density at radius 3 is 2.71 bits per heavy atom. The van der Waals surface area contributed by atoms with Crippen molar-refractivity contribution in [3.63, 3.8) is 0 Å². The van der Waals surface area contributed by atoms with Crippen LogP contribution in [0.25, 0.3) is 0 Å². The first-order chi connectivity index (χ1) is 13.5. The number of rotatable bonds is 7. The molecule has 0 aliphatic carbocycles. The van der Waals surface area contributed by atoms with Crippen LogP contribution in [0, 0.1) is 5.92 Å². The number of amides is 2. The summed E-state index contributed by atoms with van der Waals surface area (Å²) in [5.41, 5.74) is 5.34. The molecular formula is C19H24N4O5. The summed E-state index contributed by atoms with van der Waals surface area (Å²) in [5.74, 6) is -1.45. The molecular weight excluding hydrogens is 364 g/mol. The van der Waals surface area contributed by atoms with E-state index in [0.717, 1.165) is 12.0 Å². The van der Waals surface area contributed by atoms with Crippen LogP contribution in [0.4, 0.5) is 0 Å². The minimum atomic E-state index is -1.13. The van der Waals surface area contributed by atoms with E-state index in [-0.39, 0.29) is 30.9 Å². The Hall–Kier alpha value is -2.78. The van der Waals surface area contributed by atoms with E-state index >= 15 is 0 Å². The summed E-state index contributed by atoms with van der Waals surface area (Å²) < 4.78 is 4.92. The van der Waals surface area contributed by atoms with Gasteiger partial charge in [-0.25, -0.2) is 9.79 Å². The molecule has 2 amide bonds. The van der Waals surface area contributed by atoms with Crippen molar-refractivity contribution in [2.75, 3.05) is 32.8 Å². The smallest absolute Gasteiger partial charge is 0.329 e. The number of likely N-dealkylation sites (tertiary alicyclic amines) is 1. The van der Waals surface area contributed by atoms with Crippen molar-refractivity contribution in [2.45, 2.75) is 18.4 Å². The van der Waals surface area contributed by atoms with Gasteiger partial charge in [-0.1, -0.05) is 30.3 Å². The quantitative estimate of drug-likeness (QED) is 0.588. The number of carboxylic acid groups (broad SMARTS) is 1. The summed E-state index contributed by atoms with van der Waals surface area (Å²) in [6.07, 6.45) is 1.44. The number of piperidine rings is 1. The molecule has 2 aliphatic heterocycles. The van der Waals surface area contributed by atoms with Crippen molar-refractivity contribution in [1.29, 1.82) is 0 Å². The Morgan fingerprint density at radius 1 is 1.32 bits per heavy atom. The summed E-state index contributed by atoms with van der Waals surface area (Å²) in [4.78, 5) is 42.3. The van der Waals surface area contributed by atoms with Crippen molar-refractivity contribution < 1.29 is 24.2 Å². The summed E-state index contributed by atoms with van der Waals surface area (Å²) >= 11 is 0. The van der Waals surface area contributed by atoms with Gasteiger partial charge in [0.15, 0.2) is 5.54 Å². The van der Waals surface area contributed by atoms with Gasteiger partial charge >= 0.3 is 5.97 Å². The Balaban J connectivity index is 1.83. The summed E-state index contributed by atoms with van der Waals surface area (Å²) in [7, 11) is 0. The maximum Gasteiger partial charge on any atom is 0.329 e. The molecule has 2 aliphatic rings. The number of amidine groups is 1. The second-order valence-corrected chi connectivity index (χ2v) is 6.91. The third-order valence-electron chi connectivity index (χ3n) is 5.14. The molecule has 4 N–H and O–H groups in total. The first kappa shape index (κ1) is 20.0. The third-order valence-corrected chi connectivity index (χ3v) is 5.14. The fraction of sp³-hybridized carbons (Fsp3) is 0.474. The topological polar surface area (TPSA) is 134 Å². The van der Waals surface area contributed by atoms with Gasteiger partial charge in [-0.05, 0) is 18.4 Å². The molecule has 0 bridgehead atoms. The number of ether oxygens (including phenoxy) is 1. The third kappa shape index (κ3) is 3.90. The maximum atomic E-state index is 13.0. The largest absolute Gasteiger partial charge is 0.480 e. The van der Waals surface area contributed by atoms with Crippen LogP contribution in [0.2, 0.25) is 0 Å². The molecule has 0 aromatic heterocycles. The molecule has 2 heterocycles. The molecule has 28 heavy (non-hydrogen) atoms. The van der Waals surface area contributed by atoms with Gasteiger partial charge in [0.05, 0.1) is 6.54 Å². The predicted molar refractivity (Wildman–Crippen MR) is 101 cm³/mol. The Bertz CT molecular complexity index is 782. The number of carbonyl (C=O) groups excluding carboxylic acids is 2. The predicted octanol–water partition coefficient (Wildman–Crippen LogP) is -0.291. The monoisotopic (exact) mass is 388 g/mol. The lowest BCUT2D eigenvalue weighted by Crippen LogP contribution is -2.52. The number of nitrogens with two attached hydrogens (primary N) is 1. The molecule has 1 fully saturated rings. The van der Waals surface area contributed by atoms with E-state index in [9.17, 15) is 14.4 Å². The lowest BCUT2D eigenvalue weighted by atomic mass is 9.74. The van der Waals surface area contributed by atoms with Crippen molar-refractivity contribution in [1.82, 2.24) is 10.2 Å². The van der Waals surface area contributed by atoms with Gasteiger partial charge in [-0.15, -0.1) is 0 Å². The molecule has 2 atom stereocenters. The lowest BCUT2D eigenvalue weighted by molar-refractivity contribution is -0.147. The number of hydrogen-bond acceptors (Lipinski definition) is 6. The number of aliphatic imine (C=N–C) groups is 1. The van der Waals surface area contributed by atoms with Gasteiger partial charge in [0.2, 0.25) is 5.91 Å². The number of aliphatic carboxylic acids is 1. The fourth-order valence-electron chi connectivity index (χ4n) is 3.88. The minimum absolute atomic E-state index is 0.124. The highest BCUT2D eigenvalue weighted by atomic mass is 16.5. The number of carboxylic acids is 1. The van der Waals surface area contributed by atoms with Crippen LogP contribution >= 0.6 is 0 Å². The molecule has 150 valence electrons. The van der Waals surface area contributed by atoms with E-state index in [1.807, 2.05) is 30.3 Å². The molecule has 3 rings (SSSR count). The van der Waals surface area contributed by atoms with Crippen LogP contribution in [0.3, 0.4) is 0 Å². The average Bonchev–Trinajstić information content (AvgIpc) is 3.06. The molecule has 9 heteroatoms. The number of nitrogens with zero attached hydrogens (tertiary/aromatic N) is 2. The van der Waals surface area contributed by atoms with Crippen LogP contribution in [0.1, 0.15) is 18.4 Å². The highest BCUT2D eigenvalue weighted by molar-refractivity contribution is 6.09. The number of nitrogens with one attached hydrogen (secondary N) is 1. The van der Waals surface area contributed by atoms with Crippen LogP contribution in [-0.4, -0.2) is 66.5 Å².